The Labute approximate surface area is 185 Å². The molecular weight excluding hydrogens is 396 g/mol. The Kier molecular flexibility index (Phi) is 5.99. The third-order valence-corrected chi connectivity index (χ3v) is 9.75. The molecule has 6 nitrogen and oxygen atoms in total. The van der Waals surface area contributed by atoms with Gasteiger partial charge in [-0.1, -0.05) is 13.8 Å². The number of carbonyl (C=O) groups is 3. The largest absolute Gasteiger partial charge is 0.462 e. The van der Waals surface area contributed by atoms with Gasteiger partial charge in [0.25, 0.3) is 0 Å². The number of rotatable bonds is 4. The zero-order valence-electron chi connectivity index (χ0n) is 19.4. The fourth-order valence-electron chi connectivity index (χ4n) is 8.39. The van der Waals surface area contributed by atoms with Crippen molar-refractivity contribution in [3.05, 3.63) is 0 Å². The zero-order chi connectivity index (χ0) is 22.6. The van der Waals surface area contributed by atoms with Crippen molar-refractivity contribution >= 4 is 17.7 Å². The van der Waals surface area contributed by atoms with Gasteiger partial charge in [0.15, 0.2) is 5.78 Å². The smallest absolute Gasteiger partial charge is 0.303 e. The van der Waals surface area contributed by atoms with Crippen LogP contribution in [0, 0.1) is 40.4 Å². The maximum atomic E-state index is 12.9. The monoisotopic (exact) mass is 434 g/mol. The lowest BCUT2D eigenvalue weighted by Gasteiger charge is -2.62. The molecule has 0 radical (unpaired) electrons. The average Bonchev–Trinajstić information content (AvgIpc) is 3.04. The second kappa shape index (κ2) is 8.17. The number of carbonyl (C=O) groups excluding carboxylic acids is 3. The lowest BCUT2D eigenvalue weighted by molar-refractivity contribution is -0.192. The van der Waals surface area contributed by atoms with Crippen LogP contribution in [-0.4, -0.2) is 41.6 Å². The van der Waals surface area contributed by atoms with Crippen LogP contribution in [0.25, 0.3) is 0 Å². The Morgan fingerprint density at radius 2 is 1.55 bits per heavy atom. The van der Waals surface area contributed by atoms with Crippen LogP contribution in [0.15, 0.2) is 0 Å². The molecule has 4 fully saturated rings. The molecule has 4 unspecified atom stereocenters. The molecule has 1 N–H and O–H groups in total. The first kappa shape index (κ1) is 22.8. The molecule has 4 aliphatic rings. The summed E-state index contributed by atoms with van der Waals surface area (Å²) < 4.78 is 10.9. The highest BCUT2D eigenvalue weighted by Gasteiger charge is 2.63. The summed E-state index contributed by atoms with van der Waals surface area (Å²) in [6, 6.07) is 0. The SMILES string of the molecule is CC(=O)OCC(=O)[C@H]1CCC2C3C[C@@H](OC(C)=O)C4C[C@@H](O)CC[C@]4(C)C3CC[C@@]21C. The Balaban J connectivity index is 1.60. The van der Waals surface area contributed by atoms with Crippen LogP contribution < -0.4 is 0 Å². The van der Waals surface area contributed by atoms with Crippen LogP contribution >= 0.6 is 0 Å². The van der Waals surface area contributed by atoms with Crippen LogP contribution in [0.4, 0.5) is 0 Å². The summed E-state index contributed by atoms with van der Waals surface area (Å²) in [4.78, 5) is 36.0. The van der Waals surface area contributed by atoms with E-state index in [4.69, 9.17) is 9.47 Å². The number of ketones is 1. The molecular formula is C25H38O6. The van der Waals surface area contributed by atoms with Crippen molar-refractivity contribution in [2.24, 2.45) is 40.4 Å². The molecule has 0 amide bonds. The summed E-state index contributed by atoms with van der Waals surface area (Å²) in [5, 5.41) is 10.4. The molecule has 0 bridgehead atoms. The van der Waals surface area contributed by atoms with E-state index in [2.05, 4.69) is 13.8 Å². The van der Waals surface area contributed by atoms with Crippen molar-refractivity contribution in [2.75, 3.05) is 6.61 Å². The normalized spacial score (nSPS) is 46.3. The number of aliphatic hydroxyl groups is 1. The fraction of sp³-hybridized carbons (Fsp3) is 0.880. The van der Waals surface area contributed by atoms with Crippen LogP contribution in [0.2, 0.25) is 0 Å². The van der Waals surface area contributed by atoms with Gasteiger partial charge >= 0.3 is 11.9 Å². The predicted molar refractivity (Wildman–Crippen MR) is 114 cm³/mol. The maximum Gasteiger partial charge on any atom is 0.303 e. The Bertz CT molecular complexity index is 748. The fourth-order valence-corrected chi connectivity index (χ4v) is 8.39. The van der Waals surface area contributed by atoms with Gasteiger partial charge in [0.2, 0.25) is 0 Å². The Morgan fingerprint density at radius 3 is 2.23 bits per heavy atom. The first-order chi connectivity index (χ1) is 14.6. The van der Waals surface area contributed by atoms with Crippen LogP contribution in [-0.2, 0) is 23.9 Å². The summed E-state index contributed by atoms with van der Waals surface area (Å²) in [7, 11) is 0. The van der Waals surface area contributed by atoms with Gasteiger partial charge in [0, 0.05) is 25.7 Å². The van der Waals surface area contributed by atoms with Gasteiger partial charge in [-0.15, -0.1) is 0 Å². The minimum absolute atomic E-state index is 0.0517. The minimum atomic E-state index is -0.410. The first-order valence-electron chi connectivity index (χ1n) is 12.1. The second-order valence-corrected chi connectivity index (χ2v) is 11.2. The molecule has 6 heteroatoms. The van der Waals surface area contributed by atoms with E-state index in [1.165, 1.54) is 13.8 Å². The predicted octanol–water partition coefficient (Wildman–Crippen LogP) is 3.68. The lowest BCUT2D eigenvalue weighted by atomic mass is 9.44. The molecule has 4 aliphatic carbocycles. The van der Waals surface area contributed by atoms with Crippen molar-refractivity contribution < 1.29 is 29.0 Å². The number of fused-ring (bicyclic) bond motifs is 5. The third-order valence-electron chi connectivity index (χ3n) is 9.75. The van der Waals surface area contributed by atoms with Gasteiger partial charge in [-0.25, -0.2) is 0 Å². The van der Waals surface area contributed by atoms with Crippen molar-refractivity contribution in [1.29, 1.82) is 0 Å². The van der Waals surface area contributed by atoms with Crippen molar-refractivity contribution in [3.8, 4) is 0 Å². The molecule has 31 heavy (non-hydrogen) atoms. The van der Waals surface area contributed by atoms with E-state index in [1.54, 1.807) is 0 Å². The number of esters is 2. The molecule has 0 aromatic rings. The third kappa shape index (κ3) is 3.83. The van der Waals surface area contributed by atoms with E-state index >= 15 is 0 Å². The second-order valence-electron chi connectivity index (χ2n) is 11.2. The van der Waals surface area contributed by atoms with Gasteiger partial charge in [-0.05, 0) is 80.0 Å². The summed E-state index contributed by atoms with van der Waals surface area (Å²) in [5.41, 5.74) is -0.0278. The van der Waals surface area contributed by atoms with Crippen LogP contribution in [0.1, 0.15) is 79.1 Å². The summed E-state index contributed by atoms with van der Waals surface area (Å²) in [5.74, 6) is 0.911. The number of aliphatic hydroxyl groups excluding tert-OH is 1. The average molecular weight is 435 g/mol. The first-order valence-corrected chi connectivity index (χ1v) is 12.1. The molecule has 174 valence electrons. The quantitative estimate of drug-likeness (QED) is 0.679. The summed E-state index contributed by atoms with van der Waals surface area (Å²) in [6.07, 6.45) is 6.80. The minimum Gasteiger partial charge on any atom is -0.462 e. The van der Waals surface area contributed by atoms with E-state index < -0.39 is 5.97 Å². The number of ether oxygens (including phenoxy) is 2. The standard InChI is InChI=1S/C25H38O6/c1-14(26)30-13-22(29)20-6-5-18-17-12-23(31-15(2)27)21-11-16(28)7-9-25(21,4)19(17)8-10-24(18,20)3/h16-21,23,28H,5-13H2,1-4H3/t16-,17?,18?,19?,20+,21?,23+,24-,25+/m0/s1. The van der Waals surface area contributed by atoms with E-state index in [0.717, 1.165) is 44.9 Å². The molecule has 0 aromatic carbocycles. The van der Waals surface area contributed by atoms with E-state index in [-0.39, 0.29) is 53.2 Å². The molecule has 0 saturated heterocycles. The van der Waals surface area contributed by atoms with Crippen molar-refractivity contribution in [3.63, 3.8) is 0 Å². The molecule has 0 spiro atoms. The highest BCUT2D eigenvalue weighted by Crippen LogP contribution is 2.67. The van der Waals surface area contributed by atoms with E-state index in [9.17, 15) is 19.5 Å². The molecule has 9 atom stereocenters. The summed E-state index contributed by atoms with van der Waals surface area (Å²) >= 11 is 0. The van der Waals surface area contributed by atoms with Gasteiger partial charge in [0.05, 0.1) is 6.10 Å². The van der Waals surface area contributed by atoms with Crippen LogP contribution in [0.5, 0.6) is 0 Å². The Morgan fingerprint density at radius 1 is 0.871 bits per heavy atom. The molecule has 0 heterocycles. The van der Waals surface area contributed by atoms with Gasteiger partial charge in [0.1, 0.15) is 12.7 Å². The molecule has 0 aliphatic heterocycles. The number of hydrogen-bond donors (Lipinski definition) is 1. The topological polar surface area (TPSA) is 89.9 Å². The zero-order valence-corrected chi connectivity index (χ0v) is 19.4. The lowest BCUT2D eigenvalue weighted by Crippen LogP contribution is -2.59. The maximum absolute atomic E-state index is 12.9. The number of Topliss-reactive ketones (excluding diaryl/α,β-unsaturated/α-hetero) is 1. The Hall–Kier alpha value is -1.43. The van der Waals surface area contributed by atoms with Crippen molar-refractivity contribution in [2.45, 2.75) is 91.3 Å². The van der Waals surface area contributed by atoms with Crippen molar-refractivity contribution in [1.82, 2.24) is 0 Å². The highest BCUT2D eigenvalue weighted by molar-refractivity contribution is 5.85. The molecule has 4 saturated carbocycles. The van der Waals surface area contributed by atoms with Gasteiger partial charge in [-0.3, -0.25) is 14.4 Å². The van der Waals surface area contributed by atoms with Gasteiger partial charge in [-0.2, -0.15) is 0 Å². The number of hydrogen-bond acceptors (Lipinski definition) is 6. The molecule has 4 rings (SSSR count). The molecule has 0 aromatic heterocycles. The van der Waals surface area contributed by atoms with E-state index in [0.29, 0.717) is 24.2 Å². The van der Waals surface area contributed by atoms with Gasteiger partial charge < -0.3 is 14.6 Å². The summed E-state index contributed by atoms with van der Waals surface area (Å²) in [6.45, 7) is 7.32. The highest BCUT2D eigenvalue weighted by atomic mass is 16.5. The van der Waals surface area contributed by atoms with E-state index in [1.807, 2.05) is 0 Å². The van der Waals surface area contributed by atoms with Crippen LogP contribution in [0.3, 0.4) is 0 Å².